The Balaban J connectivity index is 2.46. The lowest BCUT2D eigenvalue weighted by atomic mass is 10.2. The second kappa shape index (κ2) is 6.00. The first-order valence-electron chi connectivity index (χ1n) is 5.55. The quantitative estimate of drug-likeness (QED) is 0.410. The maximum atomic E-state index is 12.1. The number of hydrogen-bond acceptors (Lipinski definition) is 4. The molecule has 0 aliphatic heterocycles. The number of aromatic nitrogens is 2. The van der Waals surface area contributed by atoms with Crippen LogP contribution in [0.2, 0.25) is 0 Å². The Morgan fingerprint density at radius 3 is 2.85 bits per heavy atom. The summed E-state index contributed by atoms with van der Waals surface area (Å²) in [7, 11) is 0. The molecule has 0 bridgehead atoms. The summed E-state index contributed by atoms with van der Waals surface area (Å²) >= 11 is 5.05. The summed E-state index contributed by atoms with van der Waals surface area (Å²) in [6.07, 6.45) is 1.51. The fraction of sp³-hybridized carbons (Fsp3) is 0.167. The predicted octanol–water partition coefficient (Wildman–Crippen LogP) is 2.88. The number of halogens is 2. The minimum atomic E-state index is -0.462. The molecule has 0 atom stereocenters. The van der Waals surface area contributed by atoms with Gasteiger partial charge in [0.05, 0.1) is 19.5 Å². The van der Waals surface area contributed by atoms with Gasteiger partial charge in [-0.15, -0.1) is 0 Å². The summed E-state index contributed by atoms with van der Waals surface area (Å²) in [5, 5.41) is 10.9. The summed E-state index contributed by atoms with van der Waals surface area (Å²) in [5.74, 6) is 0.570. The van der Waals surface area contributed by atoms with E-state index in [9.17, 15) is 14.9 Å². The third-order valence-corrected chi connectivity index (χ3v) is 4.16. The lowest BCUT2D eigenvalue weighted by Crippen LogP contribution is -2.26. The molecule has 2 aromatic rings. The van der Waals surface area contributed by atoms with Gasteiger partial charge in [0, 0.05) is 12.3 Å². The number of nitro groups is 1. The topological polar surface area (TPSA) is 78.0 Å². The van der Waals surface area contributed by atoms with E-state index >= 15 is 0 Å². The monoisotopic (exact) mass is 449 g/mol. The highest BCUT2D eigenvalue weighted by Gasteiger charge is 2.13. The minimum Gasteiger partial charge on any atom is -0.292 e. The Morgan fingerprint density at radius 1 is 1.50 bits per heavy atom. The van der Waals surface area contributed by atoms with Gasteiger partial charge < -0.3 is 0 Å². The van der Waals surface area contributed by atoms with E-state index < -0.39 is 4.92 Å². The molecule has 0 saturated carbocycles. The Kier molecular flexibility index (Phi) is 4.53. The molecule has 0 saturated heterocycles. The SMILES string of the molecule is Cc1ncc(I)c(=O)n1Cc1ccc(Br)c([N+](=O)[O-])c1. The van der Waals surface area contributed by atoms with Crippen molar-refractivity contribution in [3.8, 4) is 0 Å². The van der Waals surface area contributed by atoms with Crippen molar-refractivity contribution in [1.29, 1.82) is 0 Å². The molecule has 0 radical (unpaired) electrons. The number of rotatable bonds is 3. The van der Waals surface area contributed by atoms with Gasteiger partial charge >= 0.3 is 0 Å². The van der Waals surface area contributed by atoms with Crippen molar-refractivity contribution in [3.63, 3.8) is 0 Å². The summed E-state index contributed by atoms with van der Waals surface area (Å²) < 4.78 is 2.42. The van der Waals surface area contributed by atoms with Crippen LogP contribution in [0.1, 0.15) is 11.4 Å². The van der Waals surface area contributed by atoms with Crippen LogP contribution in [0.5, 0.6) is 0 Å². The first-order valence-corrected chi connectivity index (χ1v) is 7.42. The van der Waals surface area contributed by atoms with Crippen molar-refractivity contribution in [3.05, 3.63) is 64.3 Å². The molecule has 1 aromatic carbocycles. The van der Waals surface area contributed by atoms with Gasteiger partial charge in [-0.1, -0.05) is 6.07 Å². The summed E-state index contributed by atoms with van der Waals surface area (Å²) in [5.41, 5.74) is 0.504. The molecule has 2 rings (SSSR count). The van der Waals surface area contributed by atoms with E-state index in [2.05, 4.69) is 20.9 Å². The Bertz CT molecular complexity index is 745. The highest BCUT2D eigenvalue weighted by molar-refractivity contribution is 14.1. The van der Waals surface area contributed by atoms with Gasteiger partial charge in [0.1, 0.15) is 5.82 Å². The van der Waals surface area contributed by atoms with Crippen LogP contribution in [0.4, 0.5) is 5.69 Å². The molecular weight excluding hydrogens is 441 g/mol. The zero-order valence-electron chi connectivity index (χ0n) is 10.3. The number of hydrogen-bond donors (Lipinski definition) is 0. The first-order chi connectivity index (χ1) is 9.40. The normalized spacial score (nSPS) is 10.6. The van der Waals surface area contributed by atoms with Gasteiger partial charge in [-0.2, -0.15) is 0 Å². The summed E-state index contributed by atoms with van der Waals surface area (Å²) in [6, 6.07) is 4.80. The first kappa shape index (κ1) is 15.1. The van der Waals surface area contributed by atoms with Crippen LogP contribution in [-0.2, 0) is 6.54 Å². The van der Waals surface area contributed by atoms with Gasteiger partial charge in [0.25, 0.3) is 11.2 Å². The van der Waals surface area contributed by atoms with Crippen LogP contribution >= 0.6 is 38.5 Å². The number of nitrogens with zero attached hydrogens (tertiary/aromatic N) is 3. The minimum absolute atomic E-state index is 0.0215. The maximum absolute atomic E-state index is 12.1. The molecule has 0 amide bonds. The van der Waals surface area contributed by atoms with Crippen molar-refractivity contribution in [2.24, 2.45) is 0 Å². The molecule has 1 aromatic heterocycles. The predicted molar refractivity (Wildman–Crippen MR) is 85.8 cm³/mol. The van der Waals surface area contributed by atoms with Gasteiger partial charge in [-0.25, -0.2) is 4.98 Å². The van der Waals surface area contributed by atoms with E-state index in [4.69, 9.17) is 0 Å². The van der Waals surface area contributed by atoms with Gasteiger partial charge in [-0.3, -0.25) is 19.5 Å². The molecule has 0 aliphatic rings. The molecule has 0 unspecified atom stereocenters. The van der Waals surface area contributed by atoms with Crippen LogP contribution in [-0.4, -0.2) is 14.5 Å². The summed E-state index contributed by atoms with van der Waals surface area (Å²) in [6.45, 7) is 1.98. The lowest BCUT2D eigenvalue weighted by Gasteiger charge is -2.09. The molecule has 104 valence electrons. The average molecular weight is 450 g/mol. The molecule has 8 heteroatoms. The Labute approximate surface area is 136 Å². The van der Waals surface area contributed by atoms with Crippen molar-refractivity contribution in [1.82, 2.24) is 9.55 Å². The molecular formula is C12H9BrIN3O3. The molecule has 6 nitrogen and oxygen atoms in total. The standard InChI is InChI=1S/C12H9BrIN3O3/c1-7-15-5-10(14)12(18)16(7)6-8-2-3-9(13)11(4-8)17(19)20/h2-5H,6H2,1H3. The largest absolute Gasteiger partial charge is 0.292 e. The Morgan fingerprint density at radius 2 is 2.20 bits per heavy atom. The second-order valence-corrected chi connectivity index (χ2v) is 6.10. The van der Waals surface area contributed by atoms with Gasteiger partial charge in [0.15, 0.2) is 0 Å². The fourth-order valence-electron chi connectivity index (χ4n) is 1.72. The van der Waals surface area contributed by atoms with Crippen LogP contribution in [0.15, 0.2) is 33.7 Å². The molecule has 20 heavy (non-hydrogen) atoms. The number of nitro benzene ring substituents is 1. The van der Waals surface area contributed by atoms with Crippen molar-refractivity contribution >= 4 is 44.2 Å². The van der Waals surface area contributed by atoms with E-state index in [1.807, 2.05) is 22.6 Å². The van der Waals surface area contributed by atoms with Crippen LogP contribution in [0.3, 0.4) is 0 Å². The molecule has 0 fully saturated rings. The Hall–Kier alpha value is -1.29. The smallest absolute Gasteiger partial charge is 0.283 e. The average Bonchev–Trinajstić information content (AvgIpc) is 2.40. The third kappa shape index (κ3) is 3.06. The fourth-order valence-corrected chi connectivity index (χ4v) is 2.54. The van der Waals surface area contributed by atoms with Crippen molar-refractivity contribution in [2.75, 3.05) is 0 Å². The third-order valence-electron chi connectivity index (χ3n) is 2.75. The van der Waals surface area contributed by atoms with Crippen molar-refractivity contribution in [2.45, 2.75) is 13.5 Å². The zero-order valence-corrected chi connectivity index (χ0v) is 14.1. The van der Waals surface area contributed by atoms with Crippen LogP contribution in [0, 0.1) is 20.6 Å². The van der Waals surface area contributed by atoms with Gasteiger partial charge in [0.2, 0.25) is 0 Å². The van der Waals surface area contributed by atoms with E-state index in [1.165, 1.54) is 16.8 Å². The molecule has 1 heterocycles. The van der Waals surface area contributed by atoms with Crippen LogP contribution < -0.4 is 5.56 Å². The molecule has 0 N–H and O–H groups in total. The lowest BCUT2D eigenvalue weighted by molar-refractivity contribution is -0.385. The second-order valence-electron chi connectivity index (χ2n) is 4.09. The van der Waals surface area contributed by atoms with E-state index in [1.54, 1.807) is 19.1 Å². The number of aryl methyl sites for hydroxylation is 1. The van der Waals surface area contributed by atoms with E-state index in [-0.39, 0.29) is 17.8 Å². The molecule has 0 aliphatic carbocycles. The molecule has 0 spiro atoms. The summed E-state index contributed by atoms with van der Waals surface area (Å²) in [4.78, 5) is 26.6. The zero-order chi connectivity index (χ0) is 14.9. The van der Waals surface area contributed by atoms with Crippen LogP contribution in [0.25, 0.3) is 0 Å². The number of benzene rings is 1. The maximum Gasteiger partial charge on any atom is 0.283 e. The van der Waals surface area contributed by atoms with E-state index in [0.29, 0.717) is 19.4 Å². The van der Waals surface area contributed by atoms with Crippen molar-refractivity contribution < 1.29 is 4.92 Å². The van der Waals surface area contributed by atoms with Gasteiger partial charge in [-0.05, 0) is 57.1 Å². The highest BCUT2D eigenvalue weighted by Crippen LogP contribution is 2.25. The van der Waals surface area contributed by atoms with E-state index in [0.717, 1.165) is 0 Å². The highest BCUT2D eigenvalue weighted by atomic mass is 127.